The van der Waals surface area contributed by atoms with E-state index in [2.05, 4.69) is 29.8 Å². The fourth-order valence-electron chi connectivity index (χ4n) is 3.72. The van der Waals surface area contributed by atoms with Gasteiger partial charge in [-0.05, 0) is 71.8 Å². The molecule has 0 bridgehead atoms. The van der Waals surface area contributed by atoms with Crippen molar-refractivity contribution in [2.24, 2.45) is 20.5 Å². The first-order valence-electron chi connectivity index (χ1n) is 12.0. The summed E-state index contributed by atoms with van der Waals surface area (Å²) in [6, 6.07) is 11.5. The van der Waals surface area contributed by atoms with Crippen molar-refractivity contribution in [3.8, 4) is 22.6 Å². The van der Waals surface area contributed by atoms with Crippen LogP contribution in [0.25, 0.3) is 11.1 Å². The second-order valence-corrected chi connectivity index (χ2v) is 10.9. The van der Waals surface area contributed by atoms with E-state index in [9.17, 15) is 54.8 Å². The van der Waals surface area contributed by atoms with Gasteiger partial charge in [0.2, 0.25) is 0 Å². The SMILES string of the molecule is O=S(=O)([O-])c1cc(-c2ccc(N=Nc3ccc(O)c(C(F)(F)F)c3)c(SOO[O-])c2)ccc1N=Nc1ccc(O)c(C(F)(F)F)c1.[Na+].[Na+]. The topological polar surface area (TPSA) is 189 Å². The zero-order valence-electron chi connectivity index (χ0n) is 24.1. The molecule has 0 radical (unpaired) electrons. The summed E-state index contributed by atoms with van der Waals surface area (Å²) in [5, 5.41) is 47.4. The molecule has 0 aromatic heterocycles. The van der Waals surface area contributed by atoms with Gasteiger partial charge in [0.15, 0.2) is 0 Å². The van der Waals surface area contributed by atoms with Crippen LogP contribution in [0.3, 0.4) is 0 Å². The van der Waals surface area contributed by atoms with Gasteiger partial charge < -0.3 is 20.0 Å². The molecule has 4 aromatic carbocycles. The summed E-state index contributed by atoms with van der Waals surface area (Å²) in [6.45, 7) is 0. The molecule has 4 aromatic rings. The number of phenolic OH excluding ortho intramolecular Hbond substituents is 2. The van der Waals surface area contributed by atoms with Gasteiger partial charge in [0.05, 0.1) is 44.3 Å². The third kappa shape index (κ3) is 10.7. The Labute approximate surface area is 314 Å². The minimum Gasteiger partial charge on any atom is -0.744 e. The molecule has 0 amide bonds. The first-order valence-corrected chi connectivity index (χ1v) is 14.1. The summed E-state index contributed by atoms with van der Waals surface area (Å²) in [5.74, 6) is -2.11. The number of azo groups is 2. The van der Waals surface area contributed by atoms with Crippen LogP contribution in [0.15, 0.2) is 103 Å². The average Bonchev–Trinajstić information content (AvgIpc) is 2.97. The largest absolute Gasteiger partial charge is 1.00 e. The maximum atomic E-state index is 13.1. The van der Waals surface area contributed by atoms with Crippen molar-refractivity contribution in [1.82, 2.24) is 0 Å². The molecule has 2 N–H and O–H groups in total. The Bertz CT molecular complexity index is 1950. The Hall–Kier alpha value is -2.60. The van der Waals surface area contributed by atoms with Gasteiger partial charge in [-0.3, -0.25) is 5.04 Å². The number of hydrogen-bond donors (Lipinski definition) is 2. The Morgan fingerprint density at radius 3 is 1.58 bits per heavy atom. The van der Waals surface area contributed by atoms with Gasteiger partial charge in [-0.1, -0.05) is 12.1 Å². The molecule has 0 aliphatic heterocycles. The second kappa shape index (κ2) is 16.9. The van der Waals surface area contributed by atoms with Gasteiger partial charge in [0.1, 0.15) is 33.0 Å². The second-order valence-electron chi connectivity index (χ2n) is 8.84. The van der Waals surface area contributed by atoms with E-state index < -0.39 is 61.4 Å². The van der Waals surface area contributed by atoms with Crippen LogP contribution in [0.2, 0.25) is 0 Å². The molecule has 0 fully saturated rings. The van der Waals surface area contributed by atoms with Gasteiger partial charge >= 0.3 is 71.5 Å². The Balaban J connectivity index is 0.00000400. The molecule has 0 heterocycles. The van der Waals surface area contributed by atoms with Gasteiger partial charge in [0.25, 0.3) is 0 Å². The number of benzene rings is 4. The number of halogens is 6. The summed E-state index contributed by atoms with van der Waals surface area (Å²) in [6.07, 6.45) is -9.81. The van der Waals surface area contributed by atoms with E-state index in [0.29, 0.717) is 30.2 Å². The van der Waals surface area contributed by atoms with Gasteiger partial charge in [0, 0.05) is 0 Å². The van der Waals surface area contributed by atoms with E-state index >= 15 is 0 Å². The Kier molecular flexibility index (Phi) is 14.6. The molecule has 4 rings (SSSR count). The summed E-state index contributed by atoms with van der Waals surface area (Å²) in [7, 11) is -5.24. The van der Waals surface area contributed by atoms with Crippen LogP contribution in [0.4, 0.5) is 49.1 Å². The minimum atomic E-state index is -5.24. The van der Waals surface area contributed by atoms with Crippen molar-refractivity contribution in [1.29, 1.82) is 0 Å². The number of aromatic hydroxyl groups is 2. The van der Waals surface area contributed by atoms with Crippen LogP contribution in [0, 0.1) is 0 Å². The zero-order chi connectivity index (χ0) is 33.9. The first kappa shape index (κ1) is 41.6. The maximum absolute atomic E-state index is 13.1. The molecule has 48 heavy (non-hydrogen) atoms. The first-order chi connectivity index (χ1) is 21.5. The molecular weight excluding hydrogens is 720 g/mol. The van der Waals surface area contributed by atoms with E-state index in [-0.39, 0.29) is 86.5 Å². The van der Waals surface area contributed by atoms with Crippen LogP contribution in [0.5, 0.6) is 11.5 Å². The van der Waals surface area contributed by atoms with E-state index in [1.165, 1.54) is 24.3 Å². The summed E-state index contributed by atoms with van der Waals surface area (Å²) < 4.78 is 119. The fourth-order valence-corrected chi connectivity index (χ4v) is 4.83. The van der Waals surface area contributed by atoms with Gasteiger partial charge in [-0.25, -0.2) is 8.42 Å². The van der Waals surface area contributed by atoms with Crippen LogP contribution < -0.4 is 64.4 Å². The van der Waals surface area contributed by atoms with Crippen molar-refractivity contribution >= 4 is 44.9 Å². The monoisotopic (exact) mass is 734 g/mol. The normalized spacial score (nSPS) is 12.2. The Morgan fingerprint density at radius 2 is 1.12 bits per heavy atom. The van der Waals surface area contributed by atoms with Gasteiger partial charge in [-0.15, -0.1) is 10.2 Å². The standard InChI is InChI=1S/C26H16F6N4O8S2.2Na/c27-25(28,29)17-11-15(3-7-21(17)37)33-35-19-5-1-13(9-23(19)45-44-43-39)14-2-6-20(24(10-14)46(40,41)42)36-34-16-4-8-22(38)18(12-16)26(30,31)32;;/h1-12,37-39H,(H,40,41,42);;/q;2*+1/p-2. The smallest absolute Gasteiger partial charge is 0.744 e. The van der Waals surface area contributed by atoms with Crippen LogP contribution in [-0.2, 0) is 31.8 Å². The predicted octanol–water partition coefficient (Wildman–Crippen LogP) is 1.78. The number of rotatable bonds is 9. The molecule has 0 aliphatic rings. The van der Waals surface area contributed by atoms with E-state index in [0.717, 1.165) is 30.3 Å². The van der Waals surface area contributed by atoms with Crippen molar-refractivity contribution < 1.29 is 123 Å². The molecule has 242 valence electrons. The summed E-state index contributed by atoms with van der Waals surface area (Å²) in [5.41, 5.74) is -3.86. The summed E-state index contributed by atoms with van der Waals surface area (Å²) in [4.78, 5) is -0.927. The molecule has 0 aliphatic carbocycles. The van der Waals surface area contributed by atoms with Crippen LogP contribution >= 0.6 is 12.0 Å². The summed E-state index contributed by atoms with van der Waals surface area (Å²) >= 11 is 0.303. The zero-order valence-corrected chi connectivity index (χ0v) is 29.8. The molecule has 0 atom stereocenters. The molecule has 0 unspecified atom stereocenters. The van der Waals surface area contributed by atoms with Crippen molar-refractivity contribution in [3.63, 3.8) is 0 Å². The molecule has 0 spiro atoms. The number of hydrogen-bond acceptors (Lipinski definition) is 13. The van der Waals surface area contributed by atoms with E-state index in [4.69, 9.17) is 0 Å². The quantitative estimate of drug-likeness (QED) is 0.0492. The van der Waals surface area contributed by atoms with Crippen LogP contribution in [0.1, 0.15) is 11.1 Å². The molecule has 0 saturated carbocycles. The minimum absolute atomic E-state index is 0. The van der Waals surface area contributed by atoms with E-state index in [1.54, 1.807) is 0 Å². The number of alkyl halides is 6. The van der Waals surface area contributed by atoms with E-state index in [1.807, 2.05) is 0 Å². The molecular formula is C26H14F6N4Na2O8S2. The van der Waals surface area contributed by atoms with Crippen molar-refractivity contribution in [2.45, 2.75) is 22.1 Å². The average molecular weight is 735 g/mol. The fraction of sp³-hybridized carbons (Fsp3) is 0.0769. The predicted molar refractivity (Wildman–Crippen MR) is 142 cm³/mol. The molecule has 0 saturated heterocycles. The van der Waals surface area contributed by atoms with Crippen LogP contribution in [-0.4, -0.2) is 23.2 Å². The maximum Gasteiger partial charge on any atom is 1.00 e. The van der Waals surface area contributed by atoms with Crippen molar-refractivity contribution in [2.75, 3.05) is 0 Å². The molecule has 12 nitrogen and oxygen atoms in total. The third-order valence-electron chi connectivity index (χ3n) is 5.79. The molecule has 22 heteroatoms. The number of nitrogens with zero attached hydrogens (tertiary/aromatic N) is 4. The Morgan fingerprint density at radius 1 is 0.667 bits per heavy atom. The number of phenols is 2. The van der Waals surface area contributed by atoms with Gasteiger partial charge in [-0.2, -0.15) is 40.9 Å². The van der Waals surface area contributed by atoms with Crippen molar-refractivity contribution in [3.05, 3.63) is 83.9 Å². The third-order valence-corrected chi connectivity index (χ3v) is 7.29.